The van der Waals surface area contributed by atoms with Gasteiger partial charge in [0.1, 0.15) is 5.75 Å². The van der Waals surface area contributed by atoms with Gasteiger partial charge in [-0.2, -0.15) is 0 Å². The summed E-state index contributed by atoms with van der Waals surface area (Å²) < 4.78 is 40.6. The summed E-state index contributed by atoms with van der Waals surface area (Å²) in [5.41, 5.74) is 7.96. The van der Waals surface area contributed by atoms with E-state index in [-0.39, 0.29) is 5.75 Å². The minimum absolute atomic E-state index is 0.280. The molecule has 112 valence electrons. The highest BCUT2D eigenvalue weighted by molar-refractivity contribution is 5.91. The van der Waals surface area contributed by atoms with E-state index >= 15 is 0 Å². The Morgan fingerprint density at radius 3 is 2.52 bits per heavy atom. The second-order valence-corrected chi connectivity index (χ2v) is 5.34. The maximum Gasteiger partial charge on any atom is 0.573 e. The van der Waals surface area contributed by atoms with Crippen LogP contribution in [0.5, 0.6) is 5.75 Å². The normalized spacial score (nSPS) is 16.5. The highest BCUT2D eigenvalue weighted by Crippen LogP contribution is 2.36. The largest absolute Gasteiger partial charge is 0.573 e. The zero-order valence-electron chi connectivity index (χ0n) is 11.3. The average Bonchev–Trinajstić information content (AvgIpc) is 2.91. The lowest BCUT2D eigenvalue weighted by Gasteiger charge is -2.13. The van der Waals surface area contributed by atoms with Gasteiger partial charge in [-0.1, -0.05) is 12.8 Å². The molecule has 0 radical (unpaired) electrons. The predicted molar refractivity (Wildman–Crippen MR) is 74.0 cm³/mol. The molecule has 6 heteroatoms. The summed E-state index contributed by atoms with van der Waals surface area (Å²) in [4.78, 5) is 4.54. The monoisotopic (exact) mass is 296 g/mol. The Morgan fingerprint density at radius 1 is 1.14 bits per heavy atom. The molecule has 2 N–H and O–H groups in total. The molecule has 1 fully saturated rings. The van der Waals surface area contributed by atoms with Gasteiger partial charge in [-0.3, -0.25) is 4.98 Å². The molecule has 0 saturated heterocycles. The fraction of sp³-hybridized carbons (Fsp3) is 0.400. The zero-order valence-corrected chi connectivity index (χ0v) is 11.3. The first kappa shape index (κ1) is 14.0. The number of rotatable bonds is 2. The summed E-state index contributed by atoms with van der Waals surface area (Å²) in [6, 6.07) is 5.84. The van der Waals surface area contributed by atoms with Crippen LogP contribution in [0.4, 0.5) is 18.9 Å². The van der Waals surface area contributed by atoms with E-state index in [0.29, 0.717) is 22.5 Å². The number of hydrogen-bond acceptors (Lipinski definition) is 3. The van der Waals surface area contributed by atoms with E-state index in [0.717, 1.165) is 18.5 Å². The third kappa shape index (κ3) is 3.04. The van der Waals surface area contributed by atoms with Crippen LogP contribution in [0.3, 0.4) is 0 Å². The van der Waals surface area contributed by atoms with Gasteiger partial charge >= 0.3 is 6.36 Å². The highest BCUT2D eigenvalue weighted by Gasteiger charge is 2.31. The molecular formula is C15H15F3N2O. The number of fused-ring (bicyclic) bond motifs is 1. The Kier molecular flexibility index (Phi) is 3.39. The van der Waals surface area contributed by atoms with Gasteiger partial charge < -0.3 is 10.5 Å². The van der Waals surface area contributed by atoms with Crippen molar-refractivity contribution in [1.29, 1.82) is 0 Å². The molecule has 3 nitrogen and oxygen atoms in total. The van der Waals surface area contributed by atoms with Crippen molar-refractivity contribution < 1.29 is 17.9 Å². The molecule has 3 rings (SSSR count). The number of anilines is 1. The first-order chi connectivity index (χ1) is 9.92. The van der Waals surface area contributed by atoms with E-state index in [2.05, 4.69) is 9.72 Å². The zero-order chi connectivity index (χ0) is 15.0. The lowest BCUT2D eigenvalue weighted by Crippen LogP contribution is -2.17. The smallest absolute Gasteiger partial charge is 0.406 e. The Morgan fingerprint density at radius 2 is 1.86 bits per heavy atom. The van der Waals surface area contributed by atoms with Crippen LogP contribution in [0, 0.1) is 0 Å². The third-order valence-corrected chi connectivity index (χ3v) is 3.84. The van der Waals surface area contributed by atoms with E-state index in [1.165, 1.54) is 31.0 Å². The summed E-state index contributed by atoms with van der Waals surface area (Å²) in [7, 11) is 0. The topological polar surface area (TPSA) is 48.1 Å². The Labute approximate surface area is 119 Å². The number of ether oxygens (including phenoxy) is 1. The van der Waals surface area contributed by atoms with Gasteiger partial charge in [0.15, 0.2) is 0 Å². The molecule has 1 aliphatic carbocycles. The van der Waals surface area contributed by atoms with Crippen LogP contribution in [-0.4, -0.2) is 11.3 Å². The van der Waals surface area contributed by atoms with Crippen LogP contribution in [0.25, 0.3) is 10.9 Å². The molecule has 0 amide bonds. The van der Waals surface area contributed by atoms with Gasteiger partial charge in [-0.25, -0.2) is 0 Å². The number of halogens is 3. The molecular weight excluding hydrogens is 281 g/mol. The van der Waals surface area contributed by atoms with Crippen molar-refractivity contribution in [3.63, 3.8) is 0 Å². The van der Waals surface area contributed by atoms with Crippen molar-refractivity contribution in [2.24, 2.45) is 0 Å². The van der Waals surface area contributed by atoms with Crippen molar-refractivity contribution in [2.75, 3.05) is 5.73 Å². The third-order valence-electron chi connectivity index (χ3n) is 3.84. The number of nitrogens with zero attached hydrogens (tertiary/aromatic N) is 1. The Bertz CT molecular complexity index is 664. The van der Waals surface area contributed by atoms with Crippen molar-refractivity contribution in [3.8, 4) is 5.75 Å². The second kappa shape index (κ2) is 5.09. The lowest BCUT2D eigenvalue weighted by atomic mass is 10.0. The minimum atomic E-state index is -4.71. The summed E-state index contributed by atoms with van der Waals surface area (Å²) in [6.45, 7) is 0. The van der Waals surface area contributed by atoms with Gasteiger partial charge in [0, 0.05) is 22.7 Å². The van der Waals surface area contributed by atoms with Crippen LogP contribution in [0.1, 0.15) is 37.3 Å². The average molecular weight is 296 g/mol. The van der Waals surface area contributed by atoms with Crippen molar-refractivity contribution in [1.82, 2.24) is 4.98 Å². The predicted octanol–water partition coefficient (Wildman–Crippen LogP) is 4.37. The standard InChI is InChI=1S/C15H15F3N2O/c16-15(17,18)21-10-5-6-13-11(7-10)12(19)8-14(20-13)9-3-1-2-4-9/h5-9H,1-4H2,(H2,19,20). The van der Waals surface area contributed by atoms with Crippen LogP contribution >= 0.6 is 0 Å². The maximum absolute atomic E-state index is 12.2. The highest BCUT2D eigenvalue weighted by atomic mass is 19.4. The van der Waals surface area contributed by atoms with E-state index in [1.54, 1.807) is 6.07 Å². The molecule has 0 atom stereocenters. The van der Waals surface area contributed by atoms with E-state index in [4.69, 9.17) is 5.73 Å². The van der Waals surface area contributed by atoms with Crippen molar-refractivity contribution in [2.45, 2.75) is 38.0 Å². The number of hydrogen-bond donors (Lipinski definition) is 1. The van der Waals surface area contributed by atoms with Crippen LogP contribution in [0.15, 0.2) is 24.3 Å². The van der Waals surface area contributed by atoms with E-state index in [9.17, 15) is 13.2 Å². The Hall–Kier alpha value is -1.98. The minimum Gasteiger partial charge on any atom is -0.406 e. The van der Waals surface area contributed by atoms with E-state index < -0.39 is 6.36 Å². The van der Waals surface area contributed by atoms with Crippen LogP contribution < -0.4 is 10.5 Å². The van der Waals surface area contributed by atoms with Crippen molar-refractivity contribution in [3.05, 3.63) is 30.0 Å². The molecule has 0 spiro atoms. The molecule has 21 heavy (non-hydrogen) atoms. The van der Waals surface area contributed by atoms with Gasteiger partial charge in [0.05, 0.1) is 5.52 Å². The number of nitrogens with two attached hydrogens (primary N) is 1. The molecule has 1 aliphatic rings. The van der Waals surface area contributed by atoms with Gasteiger partial charge in [-0.05, 0) is 37.1 Å². The number of nitrogen functional groups attached to an aromatic ring is 1. The Balaban J connectivity index is 1.99. The number of benzene rings is 1. The first-order valence-electron chi connectivity index (χ1n) is 6.88. The number of pyridine rings is 1. The maximum atomic E-state index is 12.2. The van der Waals surface area contributed by atoms with Crippen LogP contribution in [-0.2, 0) is 0 Å². The molecule has 2 aromatic rings. The fourth-order valence-electron chi connectivity index (χ4n) is 2.88. The van der Waals surface area contributed by atoms with Crippen molar-refractivity contribution >= 4 is 16.6 Å². The molecule has 1 heterocycles. The number of aromatic nitrogens is 1. The fourth-order valence-corrected chi connectivity index (χ4v) is 2.88. The van der Waals surface area contributed by atoms with Gasteiger partial charge in [0.25, 0.3) is 0 Å². The molecule has 0 unspecified atom stereocenters. The summed E-state index contributed by atoms with van der Waals surface area (Å²) in [5, 5.41) is 0.485. The SMILES string of the molecule is Nc1cc(C2CCCC2)nc2ccc(OC(F)(F)F)cc12. The molecule has 1 aromatic heterocycles. The quantitative estimate of drug-likeness (QED) is 0.895. The molecule has 1 aromatic carbocycles. The summed E-state index contributed by atoms with van der Waals surface area (Å²) in [6.07, 6.45) is -0.161. The molecule has 1 saturated carbocycles. The molecule has 0 aliphatic heterocycles. The number of alkyl halides is 3. The first-order valence-corrected chi connectivity index (χ1v) is 6.88. The van der Waals surface area contributed by atoms with Crippen LogP contribution in [0.2, 0.25) is 0 Å². The van der Waals surface area contributed by atoms with Gasteiger partial charge in [-0.15, -0.1) is 13.2 Å². The summed E-state index contributed by atoms with van der Waals surface area (Å²) in [5.74, 6) is 0.125. The summed E-state index contributed by atoms with van der Waals surface area (Å²) >= 11 is 0. The van der Waals surface area contributed by atoms with Gasteiger partial charge in [0.2, 0.25) is 0 Å². The van der Waals surface area contributed by atoms with E-state index in [1.807, 2.05) is 0 Å². The second-order valence-electron chi connectivity index (χ2n) is 5.34. The molecule has 0 bridgehead atoms. The lowest BCUT2D eigenvalue weighted by molar-refractivity contribution is -0.274.